The van der Waals surface area contributed by atoms with Crippen molar-refractivity contribution in [2.75, 3.05) is 0 Å². The topological polar surface area (TPSA) is 110 Å². The highest BCUT2D eigenvalue weighted by molar-refractivity contribution is 4.88. The maximum Gasteiger partial charge on any atom is 0.183 e. The van der Waals surface area contributed by atoms with E-state index in [1.165, 1.54) is 6.92 Å². The van der Waals surface area contributed by atoms with E-state index in [-0.39, 0.29) is 6.42 Å². The van der Waals surface area contributed by atoms with Gasteiger partial charge in [-0.15, -0.1) is 0 Å². The molecule has 84 valence electrons. The molecule has 6 atom stereocenters. The molecule has 1 saturated heterocycles. The van der Waals surface area contributed by atoms with Gasteiger partial charge < -0.3 is 30.3 Å². The minimum absolute atomic E-state index is 0.0853. The Hall–Kier alpha value is -0.240. The van der Waals surface area contributed by atoms with Crippen LogP contribution in [0.5, 0.6) is 0 Å². The first-order valence-corrected chi connectivity index (χ1v) is 4.49. The summed E-state index contributed by atoms with van der Waals surface area (Å²) in [5, 5.41) is 46.0. The summed E-state index contributed by atoms with van der Waals surface area (Å²) in [6.45, 7) is 1.50. The largest absolute Gasteiger partial charge is 0.393 e. The van der Waals surface area contributed by atoms with Crippen molar-refractivity contribution >= 4 is 0 Å². The standard InChI is InChI=1S/C8H16O6/c1-3(9)2-4-5(10)6(11)7(12)8(13)14-4/h3-13H,2H2,1H3/t3?,4-,5+,6+,7-,8+/m0/s1. The summed E-state index contributed by atoms with van der Waals surface area (Å²) in [7, 11) is 0. The van der Waals surface area contributed by atoms with Gasteiger partial charge in [0.05, 0.1) is 12.2 Å². The summed E-state index contributed by atoms with van der Waals surface area (Å²) in [4.78, 5) is 0. The van der Waals surface area contributed by atoms with Crippen LogP contribution in [0.4, 0.5) is 0 Å². The lowest BCUT2D eigenvalue weighted by Gasteiger charge is -2.38. The first-order valence-electron chi connectivity index (χ1n) is 4.49. The van der Waals surface area contributed by atoms with Crippen LogP contribution in [0.1, 0.15) is 13.3 Å². The van der Waals surface area contributed by atoms with Gasteiger partial charge in [-0.3, -0.25) is 0 Å². The van der Waals surface area contributed by atoms with Crippen LogP contribution in [0, 0.1) is 0 Å². The van der Waals surface area contributed by atoms with E-state index in [4.69, 9.17) is 20.1 Å². The molecule has 0 spiro atoms. The van der Waals surface area contributed by atoms with Crippen LogP contribution >= 0.6 is 0 Å². The van der Waals surface area contributed by atoms with Gasteiger partial charge >= 0.3 is 0 Å². The molecule has 0 amide bonds. The van der Waals surface area contributed by atoms with E-state index in [9.17, 15) is 10.2 Å². The van der Waals surface area contributed by atoms with Crippen molar-refractivity contribution in [1.82, 2.24) is 0 Å². The van der Waals surface area contributed by atoms with Crippen LogP contribution in [-0.2, 0) is 4.74 Å². The van der Waals surface area contributed by atoms with Crippen molar-refractivity contribution in [3.8, 4) is 0 Å². The lowest BCUT2D eigenvalue weighted by atomic mass is 9.95. The minimum Gasteiger partial charge on any atom is -0.393 e. The van der Waals surface area contributed by atoms with Crippen LogP contribution in [0.25, 0.3) is 0 Å². The summed E-state index contributed by atoms with van der Waals surface area (Å²) >= 11 is 0. The number of aliphatic hydroxyl groups excluding tert-OH is 5. The molecule has 1 fully saturated rings. The normalized spacial score (nSPS) is 46.3. The SMILES string of the molecule is CC(O)C[C@@H]1O[C@@H](O)[C@@H](O)[C@H](O)[C@@H]1O. The molecule has 0 bridgehead atoms. The smallest absolute Gasteiger partial charge is 0.183 e. The Bertz CT molecular complexity index is 185. The first-order chi connectivity index (χ1) is 6.43. The number of hydrogen-bond acceptors (Lipinski definition) is 6. The van der Waals surface area contributed by atoms with Gasteiger partial charge in [0, 0.05) is 6.42 Å². The van der Waals surface area contributed by atoms with Gasteiger partial charge in [-0.25, -0.2) is 0 Å². The zero-order chi connectivity index (χ0) is 10.9. The second-order valence-electron chi connectivity index (χ2n) is 3.62. The zero-order valence-electron chi connectivity index (χ0n) is 7.82. The van der Waals surface area contributed by atoms with Crippen LogP contribution in [0.2, 0.25) is 0 Å². The molecule has 0 aromatic carbocycles. The fourth-order valence-electron chi connectivity index (χ4n) is 1.46. The van der Waals surface area contributed by atoms with Gasteiger partial charge in [0.2, 0.25) is 0 Å². The third kappa shape index (κ3) is 2.41. The number of aliphatic hydroxyl groups is 5. The molecule has 1 unspecified atom stereocenters. The maximum atomic E-state index is 9.42. The van der Waals surface area contributed by atoms with Crippen LogP contribution in [0.3, 0.4) is 0 Å². The molecule has 0 radical (unpaired) electrons. The van der Waals surface area contributed by atoms with E-state index < -0.39 is 36.8 Å². The molecule has 1 heterocycles. The van der Waals surface area contributed by atoms with Crippen molar-refractivity contribution in [2.45, 2.75) is 50.2 Å². The first kappa shape index (κ1) is 11.8. The fraction of sp³-hybridized carbons (Fsp3) is 1.00. The molecule has 0 saturated carbocycles. The molecule has 0 aliphatic carbocycles. The van der Waals surface area contributed by atoms with Crippen molar-refractivity contribution < 1.29 is 30.3 Å². The molecule has 1 aliphatic heterocycles. The number of ether oxygens (including phenoxy) is 1. The second kappa shape index (κ2) is 4.52. The lowest BCUT2D eigenvalue weighted by Crippen LogP contribution is -2.57. The molecule has 6 nitrogen and oxygen atoms in total. The summed E-state index contributed by atoms with van der Waals surface area (Å²) in [5.41, 5.74) is 0. The molecule has 14 heavy (non-hydrogen) atoms. The molecule has 0 aromatic heterocycles. The lowest BCUT2D eigenvalue weighted by molar-refractivity contribution is -0.285. The summed E-state index contributed by atoms with van der Waals surface area (Å²) < 4.78 is 4.83. The Morgan fingerprint density at radius 2 is 1.64 bits per heavy atom. The predicted molar refractivity (Wildman–Crippen MR) is 45.2 cm³/mol. The molecule has 6 heteroatoms. The van der Waals surface area contributed by atoms with E-state index in [2.05, 4.69) is 0 Å². The molecule has 5 N–H and O–H groups in total. The average Bonchev–Trinajstić information content (AvgIpc) is 2.10. The van der Waals surface area contributed by atoms with Crippen LogP contribution in [0.15, 0.2) is 0 Å². The monoisotopic (exact) mass is 208 g/mol. The van der Waals surface area contributed by atoms with Gasteiger partial charge in [0.1, 0.15) is 18.3 Å². The van der Waals surface area contributed by atoms with Gasteiger partial charge in [0.25, 0.3) is 0 Å². The Labute approximate surface area is 81.4 Å². The number of rotatable bonds is 2. The second-order valence-corrected chi connectivity index (χ2v) is 3.62. The van der Waals surface area contributed by atoms with E-state index in [1.807, 2.05) is 0 Å². The summed E-state index contributed by atoms with van der Waals surface area (Å²) in [6, 6.07) is 0. The highest BCUT2D eigenvalue weighted by Crippen LogP contribution is 2.22. The quantitative estimate of drug-likeness (QED) is 0.345. The van der Waals surface area contributed by atoms with Crippen LogP contribution in [-0.4, -0.2) is 62.3 Å². The van der Waals surface area contributed by atoms with Gasteiger partial charge in [-0.2, -0.15) is 0 Å². The fourth-order valence-corrected chi connectivity index (χ4v) is 1.46. The highest BCUT2D eigenvalue weighted by Gasteiger charge is 2.42. The minimum atomic E-state index is -1.53. The Kier molecular flexibility index (Phi) is 3.82. The molecule has 0 aromatic rings. The third-order valence-electron chi connectivity index (χ3n) is 2.26. The molecule has 1 aliphatic rings. The maximum absolute atomic E-state index is 9.42. The van der Waals surface area contributed by atoms with Crippen molar-refractivity contribution in [1.29, 1.82) is 0 Å². The zero-order valence-corrected chi connectivity index (χ0v) is 7.82. The Balaban J connectivity index is 2.60. The Morgan fingerprint density at radius 3 is 2.14 bits per heavy atom. The molecule has 1 rings (SSSR count). The van der Waals surface area contributed by atoms with E-state index in [1.54, 1.807) is 0 Å². The van der Waals surface area contributed by atoms with E-state index >= 15 is 0 Å². The van der Waals surface area contributed by atoms with Crippen molar-refractivity contribution in [2.24, 2.45) is 0 Å². The van der Waals surface area contributed by atoms with Crippen molar-refractivity contribution in [3.05, 3.63) is 0 Å². The van der Waals surface area contributed by atoms with E-state index in [0.717, 1.165) is 0 Å². The van der Waals surface area contributed by atoms with E-state index in [0.29, 0.717) is 0 Å². The van der Waals surface area contributed by atoms with Gasteiger partial charge in [0.15, 0.2) is 6.29 Å². The van der Waals surface area contributed by atoms with Gasteiger partial charge in [-0.1, -0.05) is 0 Å². The summed E-state index contributed by atoms with van der Waals surface area (Å²) in [5.74, 6) is 0. The molecular formula is C8H16O6. The summed E-state index contributed by atoms with van der Waals surface area (Å²) in [6.07, 6.45) is -7.31. The molecular weight excluding hydrogens is 192 g/mol. The number of hydrogen-bond donors (Lipinski definition) is 5. The van der Waals surface area contributed by atoms with Crippen molar-refractivity contribution in [3.63, 3.8) is 0 Å². The predicted octanol–water partition coefficient (Wildman–Crippen LogP) is -2.44. The average molecular weight is 208 g/mol. The third-order valence-corrected chi connectivity index (χ3v) is 2.26. The van der Waals surface area contributed by atoms with Crippen LogP contribution < -0.4 is 0 Å². The van der Waals surface area contributed by atoms with Gasteiger partial charge in [-0.05, 0) is 6.92 Å². The Morgan fingerprint density at radius 1 is 1.07 bits per heavy atom. The highest BCUT2D eigenvalue weighted by atomic mass is 16.6.